The smallest absolute Gasteiger partial charge is 0.0865 e. The Morgan fingerprint density at radius 2 is 2.26 bits per heavy atom. The van der Waals surface area contributed by atoms with Crippen LogP contribution in [0, 0.1) is 0 Å². The summed E-state index contributed by atoms with van der Waals surface area (Å²) in [4.78, 5) is 4.32. The van der Waals surface area contributed by atoms with E-state index in [0.717, 1.165) is 29.6 Å². The topological polar surface area (TPSA) is 57.2 Å². The standard InChI is InChI=1S/C14H16ClN3O/c15-9-1-2-10-11(4-6-17-13(10)7-9)18-12-3-5-16-8-14(12)19/h1-2,4,6-7,12,14,16,19H,3,5,8H2,(H,17,18)/t12-,14-/m1/s1. The lowest BCUT2D eigenvalue weighted by molar-refractivity contribution is 0.128. The molecule has 0 spiro atoms. The normalized spacial score (nSPS) is 23.5. The number of halogens is 1. The van der Waals surface area contributed by atoms with Gasteiger partial charge < -0.3 is 15.7 Å². The second kappa shape index (κ2) is 5.33. The summed E-state index contributed by atoms with van der Waals surface area (Å²) in [6, 6.07) is 7.67. The van der Waals surface area contributed by atoms with Gasteiger partial charge in [-0.05, 0) is 37.2 Å². The molecule has 1 fully saturated rings. The van der Waals surface area contributed by atoms with Gasteiger partial charge in [0.15, 0.2) is 0 Å². The minimum Gasteiger partial charge on any atom is -0.390 e. The van der Waals surface area contributed by atoms with Crippen molar-refractivity contribution in [1.82, 2.24) is 10.3 Å². The molecular formula is C14H16ClN3O. The predicted molar refractivity (Wildman–Crippen MR) is 77.7 cm³/mol. The first-order chi connectivity index (χ1) is 9.24. The van der Waals surface area contributed by atoms with Crippen molar-refractivity contribution in [2.45, 2.75) is 18.6 Å². The maximum atomic E-state index is 9.98. The number of fused-ring (bicyclic) bond motifs is 1. The van der Waals surface area contributed by atoms with Crippen LogP contribution in [0.1, 0.15) is 6.42 Å². The predicted octanol–water partition coefficient (Wildman–Crippen LogP) is 2.02. The summed E-state index contributed by atoms with van der Waals surface area (Å²) in [7, 11) is 0. The third kappa shape index (κ3) is 2.66. The molecular weight excluding hydrogens is 262 g/mol. The summed E-state index contributed by atoms with van der Waals surface area (Å²) in [5, 5.41) is 18.3. The van der Waals surface area contributed by atoms with Crippen LogP contribution >= 0.6 is 11.6 Å². The first-order valence-corrected chi connectivity index (χ1v) is 6.81. The quantitative estimate of drug-likeness (QED) is 0.786. The lowest BCUT2D eigenvalue weighted by atomic mass is 10.0. The van der Waals surface area contributed by atoms with Gasteiger partial charge in [0, 0.05) is 28.8 Å². The molecule has 1 aliphatic rings. The minimum atomic E-state index is -0.371. The number of pyridine rings is 1. The summed E-state index contributed by atoms with van der Waals surface area (Å²) >= 11 is 5.98. The molecule has 19 heavy (non-hydrogen) atoms. The summed E-state index contributed by atoms with van der Waals surface area (Å²) < 4.78 is 0. The number of benzene rings is 1. The zero-order valence-electron chi connectivity index (χ0n) is 10.4. The molecule has 5 heteroatoms. The van der Waals surface area contributed by atoms with Crippen LogP contribution in [-0.4, -0.2) is 35.3 Å². The van der Waals surface area contributed by atoms with Crippen LogP contribution < -0.4 is 10.6 Å². The Kier molecular flexibility index (Phi) is 3.55. The third-order valence-electron chi connectivity index (χ3n) is 3.50. The average Bonchev–Trinajstić information content (AvgIpc) is 2.41. The van der Waals surface area contributed by atoms with Gasteiger partial charge in [-0.1, -0.05) is 11.6 Å². The molecule has 4 nitrogen and oxygen atoms in total. The summed E-state index contributed by atoms with van der Waals surface area (Å²) in [6.45, 7) is 1.55. The van der Waals surface area contributed by atoms with E-state index in [9.17, 15) is 5.11 Å². The van der Waals surface area contributed by atoms with E-state index in [1.165, 1.54) is 0 Å². The molecule has 2 aromatic rings. The van der Waals surface area contributed by atoms with Crippen molar-refractivity contribution in [3.05, 3.63) is 35.5 Å². The van der Waals surface area contributed by atoms with Crippen molar-refractivity contribution in [2.75, 3.05) is 18.4 Å². The number of rotatable bonds is 2. The number of hydrogen-bond acceptors (Lipinski definition) is 4. The molecule has 1 aliphatic heterocycles. The van der Waals surface area contributed by atoms with Crippen molar-refractivity contribution >= 4 is 28.2 Å². The van der Waals surface area contributed by atoms with E-state index in [4.69, 9.17) is 11.6 Å². The molecule has 3 rings (SSSR count). The summed E-state index contributed by atoms with van der Waals surface area (Å²) in [6.07, 6.45) is 2.29. The first-order valence-electron chi connectivity index (χ1n) is 6.43. The van der Waals surface area contributed by atoms with Crippen molar-refractivity contribution in [3.8, 4) is 0 Å². The van der Waals surface area contributed by atoms with E-state index in [0.29, 0.717) is 11.6 Å². The second-order valence-electron chi connectivity index (χ2n) is 4.83. The molecule has 1 aromatic carbocycles. The van der Waals surface area contributed by atoms with Crippen LogP contribution in [0.25, 0.3) is 10.9 Å². The largest absolute Gasteiger partial charge is 0.390 e. The Morgan fingerprint density at radius 3 is 3.11 bits per heavy atom. The lowest BCUT2D eigenvalue weighted by Crippen LogP contribution is -2.47. The number of anilines is 1. The number of nitrogens with one attached hydrogen (secondary N) is 2. The Hall–Kier alpha value is -1.36. The second-order valence-corrected chi connectivity index (χ2v) is 5.27. The Labute approximate surface area is 116 Å². The maximum absolute atomic E-state index is 9.98. The van der Waals surface area contributed by atoms with E-state index in [1.54, 1.807) is 6.20 Å². The van der Waals surface area contributed by atoms with Gasteiger partial charge in [0.2, 0.25) is 0 Å². The molecule has 3 N–H and O–H groups in total. The molecule has 0 radical (unpaired) electrons. The maximum Gasteiger partial charge on any atom is 0.0865 e. The minimum absolute atomic E-state index is 0.0718. The molecule has 1 saturated heterocycles. The van der Waals surface area contributed by atoms with E-state index in [2.05, 4.69) is 15.6 Å². The highest BCUT2D eigenvalue weighted by Gasteiger charge is 2.22. The van der Waals surface area contributed by atoms with Gasteiger partial charge in [0.05, 0.1) is 17.7 Å². The molecule has 1 aromatic heterocycles. The fourth-order valence-electron chi connectivity index (χ4n) is 2.46. The average molecular weight is 278 g/mol. The number of β-amino-alcohol motifs (C(OH)–C–C–N with tert-alkyl or cyclic N) is 1. The number of aromatic nitrogens is 1. The van der Waals surface area contributed by atoms with Gasteiger partial charge in [-0.3, -0.25) is 4.98 Å². The summed E-state index contributed by atoms with van der Waals surface area (Å²) in [5.74, 6) is 0. The molecule has 0 aliphatic carbocycles. The third-order valence-corrected chi connectivity index (χ3v) is 3.73. The van der Waals surface area contributed by atoms with Crippen molar-refractivity contribution in [1.29, 1.82) is 0 Å². The number of aliphatic hydroxyl groups is 1. The zero-order valence-corrected chi connectivity index (χ0v) is 11.2. The fraction of sp³-hybridized carbons (Fsp3) is 0.357. The first kappa shape index (κ1) is 12.7. The highest BCUT2D eigenvalue weighted by Crippen LogP contribution is 2.25. The van der Waals surface area contributed by atoms with Gasteiger partial charge in [-0.2, -0.15) is 0 Å². The monoisotopic (exact) mass is 277 g/mol. The number of piperidine rings is 1. The molecule has 2 heterocycles. The van der Waals surface area contributed by atoms with Crippen LogP contribution in [0.5, 0.6) is 0 Å². The zero-order chi connectivity index (χ0) is 13.2. The highest BCUT2D eigenvalue weighted by molar-refractivity contribution is 6.31. The van der Waals surface area contributed by atoms with Gasteiger partial charge in [0.1, 0.15) is 0 Å². The highest BCUT2D eigenvalue weighted by atomic mass is 35.5. The fourth-order valence-corrected chi connectivity index (χ4v) is 2.62. The number of nitrogens with zero attached hydrogens (tertiary/aromatic N) is 1. The van der Waals surface area contributed by atoms with Gasteiger partial charge in [-0.15, -0.1) is 0 Å². The Balaban J connectivity index is 1.92. The van der Waals surface area contributed by atoms with Crippen LogP contribution in [0.15, 0.2) is 30.5 Å². The Morgan fingerprint density at radius 1 is 1.37 bits per heavy atom. The molecule has 100 valence electrons. The number of hydrogen-bond donors (Lipinski definition) is 3. The molecule has 0 bridgehead atoms. The van der Waals surface area contributed by atoms with E-state index in [-0.39, 0.29) is 12.1 Å². The van der Waals surface area contributed by atoms with Crippen LogP contribution in [0.3, 0.4) is 0 Å². The van der Waals surface area contributed by atoms with Gasteiger partial charge in [-0.25, -0.2) is 0 Å². The Bertz CT molecular complexity index is 590. The summed E-state index contributed by atoms with van der Waals surface area (Å²) in [5.41, 5.74) is 1.86. The van der Waals surface area contributed by atoms with Crippen molar-refractivity contribution < 1.29 is 5.11 Å². The van der Waals surface area contributed by atoms with Crippen LogP contribution in [0.4, 0.5) is 5.69 Å². The molecule has 0 saturated carbocycles. The molecule has 0 unspecified atom stereocenters. The van der Waals surface area contributed by atoms with E-state index < -0.39 is 0 Å². The van der Waals surface area contributed by atoms with Gasteiger partial charge >= 0.3 is 0 Å². The van der Waals surface area contributed by atoms with Crippen molar-refractivity contribution in [3.63, 3.8) is 0 Å². The van der Waals surface area contributed by atoms with Crippen molar-refractivity contribution in [2.24, 2.45) is 0 Å². The van der Waals surface area contributed by atoms with E-state index >= 15 is 0 Å². The molecule has 2 atom stereocenters. The van der Waals surface area contributed by atoms with Crippen LogP contribution in [0.2, 0.25) is 5.02 Å². The van der Waals surface area contributed by atoms with E-state index in [1.807, 2.05) is 24.3 Å². The lowest BCUT2D eigenvalue weighted by Gasteiger charge is -2.30. The SMILES string of the molecule is O[C@@H]1CNCC[C@H]1Nc1ccnc2cc(Cl)ccc12. The van der Waals surface area contributed by atoms with Crippen LogP contribution in [-0.2, 0) is 0 Å². The molecule has 0 amide bonds. The number of aliphatic hydroxyl groups excluding tert-OH is 1. The van der Waals surface area contributed by atoms with Gasteiger partial charge in [0.25, 0.3) is 0 Å².